The molecule has 2 aromatic carbocycles. The number of rotatable bonds is 4. The Bertz CT molecular complexity index is 1360. The third kappa shape index (κ3) is 2.74. The van der Waals surface area contributed by atoms with Gasteiger partial charge in [-0.1, -0.05) is 0 Å². The quantitative estimate of drug-likeness (QED) is 0.509. The van der Waals surface area contributed by atoms with Crippen LogP contribution in [-0.4, -0.2) is 41.2 Å². The van der Waals surface area contributed by atoms with Crippen LogP contribution in [0.5, 0.6) is 11.5 Å². The lowest BCUT2D eigenvalue weighted by Gasteiger charge is -2.18. The van der Waals surface area contributed by atoms with Gasteiger partial charge in [0.1, 0.15) is 17.3 Å². The molecule has 0 bridgehead atoms. The first-order chi connectivity index (χ1) is 15.0. The molecular weight excluding hydrogens is 403 g/mol. The van der Waals surface area contributed by atoms with Crippen molar-refractivity contribution < 1.29 is 23.5 Å². The van der Waals surface area contributed by atoms with Crippen LogP contribution in [0, 0.1) is 5.82 Å². The van der Waals surface area contributed by atoms with Gasteiger partial charge in [-0.3, -0.25) is 14.7 Å². The molecule has 2 amide bonds. The largest absolute Gasteiger partial charge is 0.497 e. The number of carbonyl (C=O) groups is 2. The number of hydrogen-bond acceptors (Lipinski definition) is 6. The molecule has 3 heterocycles. The molecule has 0 saturated carbocycles. The standard InChI is InChI=1S/C22H15FN4O4/c1-30-13-7-8-16(31-2)15(9-13)27-21(28)14-10-24-20-18(17(14)22(27)29)19(25-26-20)11-3-5-12(23)6-4-11/h3-10H,1-2H3,(H,24,25,26). The fourth-order valence-electron chi connectivity index (χ4n) is 3.71. The molecule has 4 aromatic rings. The zero-order valence-corrected chi connectivity index (χ0v) is 16.5. The Morgan fingerprint density at radius 1 is 1.00 bits per heavy atom. The molecule has 0 saturated heterocycles. The zero-order chi connectivity index (χ0) is 21.7. The SMILES string of the molecule is COc1ccc(OC)c(N2C(=O)c3cnc4n[nH]c(-c5ccc(F)cc5)c4c3C2=O)c1. The molecule has 0 aliphatic carbocycles. The minimum absolute atomic E-state index is 0.145. The number of anilines is 1. The molecule has 31 heavy (non-hydrogen) atoms. The van der Waals surface area contributed by atoms with Gasteiger partial charge in [0.25, 0.3) is 11.8 Å². The number of fused-ring (bicyclic) bond motifs is 3. The molecule has 5 rings (SSSR count). The summed E-state index contributed by atoms with van der Waals surface area (Å²) < 4.78 is 24.0. The van der Waals surface area contributed by atoms with Crippen LogP contribution in [0.15, 0.2) is 48.7 Å². The van der Waals surface area contributed by atoms with E-state index in [1.54, 1.807) is 30.3 Å². The molecule has 0 atom stereocenters. The minimum atomic E-state index is -0.538. The first-order valence-corrected chi connectivity index (χ1v) is 9.27. The van der Waals surface area contributed by atoms with E-state index >= 15 is 0 Å². The highest BCUT2D eigenvalue weighted by atomic mass is 19.1. The van der Waals surface area contributed by atoms with Crippen LogP contribution < -0.4 is 14.4 Å². The number of amides is 2. The molecule has 0 radical (unpaired) electrons. The Morgan fingerprint density at radius 2 is 1.77 bits per heavy atom. The second-order valence-corrected chi connectivity index (χ2v) is 6.83. The van der Waals surface area contributed by atoms with Gasteiger partial charge in [-0.05, 0) is 36.4 Å². The Balaban J connectivity index is 1.72. The number of aromatic nitrogens is 3. The lowest BCUT2D eigenvalue weighted by atomic mass is 10.0. The first-order valence-electron chi connectivity index (χ1n) is 9.27. The number of methoxy groups -OCH3 is 2. The number of H-pyrrole nitrogens is 1. The van der Waals surface area contributed by atoms with Crippen LogP contribution in [-0.2, 0) is 0 Å². The van der Waals surface area contributed by atoms with Crippen LogP contribution in [0.1, 0.15) is 20.7 Å². The minimum Gasteiger partial charge on any atom is -0.497 e. The number of halogens is 1. The van der Waals surface area contributed by atoms with E-state index in [0.29, 0.717) is 28.1 Å². The van der Waals surface area contributed by atoms with Crippen molar-refractivity contribution in [1.29, 1.82) is 0 Å². The van der Waals surface area contributed by atoms with Crippen LogP contribution in [0.4, 0.5) is 10.1 Å². The van der Waals surface area contributed by atoms with Crippen molar-refractivity contribution in [2.45, 2.75) is 0 Å². The first kappa shape index (κ1) is 18.7. The number of nitrogens with zero attached hydrogens (tertiary/aromatic N) is 3. The van der Waals surface area contributed by atoms with Crippen LogP contribution in [0.3, 0.4) is 0 Å². The summed E-state index contributed by atoms with van der Waals surface area (Å²) in [5.41, 5.74) is 1.93. The van der Waals surface area contributed by atoms with Crippen LogP contribution in [0.2, 0.25) is 0 Å². The number of hydrogen-bond donors (Lipinski definition) is 1. The summed E-state index contributed by atoms with van der Waals surface area (Å²) in [5, 5.41) is 7.40. The highest BCUT2D eigenvalue weighted by Crippen LogP contribution is 2.40. The molecule has 2 aromatic heterocycles. The molecule has 9 heteroatoms. The van der Waals surface area contributed by atoms with Gasteiger partial charge in [0, 0.05) is 17.8 Å². The average molecular weight is 418 g/mol. The van der Waals surface area contributed by atoms with E-state index in [0.717, 1.165) is 4.90 Å². The summed E-state index contributed by atoms with van der Waals surface area (Å²) in [5.74, 6) is -0.661. The molecule has 1 aliphatic rings. The topological polar surface area (TPSA) is 97.4 Å². The van der Waals surface area contributed by atoms with E-state index < -0.39 is 17.6 Å². The van der Waals surface area contributed by atoms with E-state index in [9.17, 15) is 14.0 Å². The number of carbonyl (C=O) groups excluding carboxylic acids is 2. The fourth-order valence-corrected chi connectivity index (χ4v) is 3.71. The Labute approximate surface area is 175 Å². The predicted molar refractivity (Wildman–Crippen MR) is 110 cm³/mol. The fraction of sp³-hybridized carbons (Fsp3) is 0.0909. The van der Waals surface area contributed by atoms with Gasteiger partial charge < -0.3 is 9.47 Å². The van der Waals surface area contributed by atoms with Crippen molar-refractivity contribution in [2.24, 2.45) is 0 Å². The van der Waals surface area contributed by atoms with Gasteiger partial charge in [-0.15, -0.1) is 0 Å². The van der Waals surface area contributed by atoms with Gasteiger partial charge >= 0.3 is 0 Å². The third-order valence-electron chi connectivity index (χ3n) is 5.19. The summed E-state index contributed by atoms with van der Waals surface area (Å²) >= 11 is 0. The van der Waals surface area contributed by atoms with Gasteiger partial charge in [0.15, 0.2) is 5.65 Å². The molecule has 8 nitrogen and oxygen atoms in total. The number of benzene rings is 2. The molecule has 154 valence electrons. The Hall–Kier alpha value is -4.27. The van der Waals surface area contributed by atoms with Crippen molar-refractivity contribution in [2.75, 3.05) is 19.1 Å². The number of aromatic amines is 1. The lowest BCUT2D eigenvalue weighted by molar-refractivity contribution is 0.0925. The van der Waals surface area contributed by atoms with Crippen LogP contribution in [0.25, 0.3) is 22.3 Å². The van der Waals surface area contributed by atoms with Crippen LogP contribution >= 0.6 is 0 Å². The average Bonchev–Trinajstić information content (AvgIpc) is 3.32. The Kier molecular flexibility index (Phi) is 4.18. The summed E-state index contributed by atoms with van der Waals surface area (Å²) in [6.07, 6.45) is 1.33. The predicted octanol–water partition coefficient (Wildman–Crippen LogP) is 3.58. The van der Waals surface area contributed by atoms with E-state index in [-0.39, 0.29) is 22.5 Å². The van der Waals surface area contributed by atoms with Crippen molar-refractivity contribution in [1.82, 2.24) is 15.2 Å². The Morgan fingerprint density at radius 3 is 2.48 bits per heavy atom. The highest BCUT2D eigenvalue weighted by Gasteiger charge is 2.41. The second-order valence-electron chi connectivity index (χ2n) is 6.83. The molecule has 1 aliphatic heterocycles. The number of imide groups is 1. The third-order valence-corrected chi connectivity index (χ3v) is 5.19. The number of nitrogens with one attached hydrogen (secondary N) is 1. The highest BCUT2D eigenvalue weighted by molar-refractivity contribution is 6.38. The van der Waals surface area contributed by atoms with E-state index in [2.05, 4.69) is 15.2 Å². The number of pyridine rings is 1. The summed E-state index contributed by atoms with van der Waals surface area (Å²) in [6, 6.07) is 10.6. The van der Waals surface area contributed by atoms with Gasteiger partial charge in [0.2, 0.25) is 0 Å². The maximum Gasteiger partial charge on any atom is 0.267 e. The molecule has 0 spiro atoms. The normalized spacial score (nSPS) is 13.1. The van der Waals surface area contributed by atoms with E-state index in [1.807, 2.05) is 0 Å². The lowest BCUT2D eigenvalue weighted by Crippen LogP contribution is -2.29. The van der Waals surface area contributed by atoms with Crippen molar-refractivity contribution in [3.63, 3.8) is 0 Å². The monoisotopic (exact) mass is 418 g/mol. The molecular formula is C22H15FN4O4. The molecule has 0 unspecified atom stereocenters. The maximum atomic E-state index is 13.5. The summed E-state index contributed by atoms with van der Waals surface area (Å²) in [6.45, 7) is 0. The zero-order valence-electron chi connectivity index (χ0n) is 16.5. The van der Waals surface area contributed by atoms with Gasteiger partial charge in [-0.2, -0.15) is 5.10 Å². The van der Waals surface area contributed by atoms with Gasteiger partial charge in [-0.25, -0.2) is 14.3 Å². The van der Waals surface area contributed by atoms with Crippen molar-refractivity contribution >= 4 is 28.5 Å². The summed E-state index contributed by atoms with van der Waals surface area (Å²) in [4.78, 5) is 32.0. The molecule has 0 fully saturated rings. The maximum absolute atomic E-state index is 13.5. The summed E-state index contributed by atoms with van der Waals surface area (Å²) in [7, 11) is 2.94. The smallest absolute Gasteiger partial charge is 0.267 e. The van der Waals surface area contributed by atoms with E-state index in [4.69, 9.17) is 9.47 Å². The second kappa shape index (κ2) is 6.91. The molecule has 1 N–H and O–H groups in total. The van der Waals surface area contributed by atoms with Gasteiger partial charge in [0.05, 0.1) is 42.1 Å². The van der Waals surface area contributed by atoms with E-state index in [1.165, 1.54) is 32.5 Å². The van der Waals surface area contributed by atoms with Crippen molar-refractivity contribution in [3.05, 3.63) is 65.6 Å². The number of ether oxygens (including phenoxy) is 2. The van der Waals surface area contributed by atoms with Crippen molar-refractivity contribution in [3.8, 4) is 22.8 Å².